The zero-order valence-corrected chi connectivity index (χ0v) is 12.3. The summed E-state index contributed by atoms with van der Waals surface area (Å²) in [5.41, 5.74) is 2.58. The van der Waals surface area contributed by atoms with Crippen LogP contribution in [0.5, 0.6) is 0 Å². The minimum atomic E-state index is 0.399. The Labute approximate surface area is 115 Å². The topological polar surface area (TPSA) is 76.3 Å². The van der Waals surface area contributed by atoms with E-state index in [-0.39, 0.29) is 0 Å². The van der Waals surface area contributed by atoms with E-state index in [1.54, 1.807) is 0 Å². The van der Waals surface area contributed by atoms with Gasteiger partial charge in [-0.05, 0) is 19.8 Å². The molecule has 19 heavy (non-hydrogen) atoms. The molecule has 1 aromatic heterocycles. The normalized spacial score (nSPS) is 10.8. The van der Waals surface area contributed by atoms with Crippen LogP contribution < -0.4 is 16.2 Å². The molecule has 0 saturated carbocycles. The fourth-order valence-electron chi connectivity index (χ4n) is 2.02. The largest absolute Gasteiger partial charge is 0.374 e. The summed E-state index contributed by atoms with van der Waals surface area (Å²) in [6.07, 6.45) is 2.15. The summed E-state index contributed by atoms with van der Waals surface area (Å²) in [6.45, 7) is 7.34. The smallest absolute Gasteiger partial charge is 0.158 e. The minimum absolute atomic E-state index is 0.399. The lowest BCUT2D eigenvalue weighted by Gasteiger charge is -2.27. The Kier molecular flexibility index (Phi) is 6.52. The van der Waals surface area contributed by atoms with Gasteiger partial charge in [-0.1, -0.05) is 13.8 Å². The number of nitrogens with one attached hydrogen (secondary N) is 1. The van der Waals surface area contributed by atoms with Crippen molar-refractivity contribution in [2.75, 3.05) is 24.0 Å². The van der Waals surface area contributed by atoms with E-state index in [0.717, 1.165) is 18.7 Å². The van der Waals surface area contributed by atoms with Crippen molar-refractivity contribution in [2.45, 2.75) is 46.3 Å². The molecule has 3 N–H and O–H groups in total. The van der Waals surface area contributed by atoms with Crippen LogP contribution in [0.2, 0.25) is 0 Å². The Balaban J connectivity index is 2.98. The fourth-order valence-corrected chi connectivity index (χ4v) is 2.02. The SMILES string of the molecule is CCOCc1nc(NN)cc(N(C)C(CC)CC)n1. The summed E-state index contributed by atoms with van der Waals surface area (Å²) in [5.74, 6) is 7.58. The Hall–Kier alpha value is -1.40. The molecule has 0 radical (unpaired) electrons. The van der Waals surface area contributed by atoms with Gasteiger partial charge in [-0.3, -0.25) is 0 Å². The number of hydrogen-bond acceptors (Lipinski definition) is 6. The van der Waals surface area contributed by atoms with Crippen LogP contribution in [0, 0.1) is 0 Å². The van der Waals surface area contributed by atoms with Gasteiger partial charge in [0.2, 0.25) is 0 Å². The molecule has 6 heteroatoms. The fraction of sp³-hybridized carbons (Fsp3) is 0.692. The maximum absolute atomic E-state index is 5.46. The third kappa shape index (κ3) is 4.33. The van der Waals surface area contributed by atoms with Gasteiger partial charge in [-0.2, -0.15) is 0 Å². The predicted molar refractivity (Wildman–Crippen MR) is 77.9 cm³/mol. The standard InChI is InChI=1S/C13H25N5O/c1-5-10(6-2)18(4)13-8-11(17-14)15-12(16-13)9-19-7-3/h8,10H,5-7,9,14H2,1-4H3,(H,15,16,17). The molecule has 0 aromatic carbocycles. The number of nitrogens with zero attached hydrogens (tertiary/aromatic N) is 3. The van der Waals surface area contributed by atoms with Gasteiger partial charge in [0.05, 0.1) is 0 Å². The van der Waals surface area contributed by atoms with E-state index in [9.17, 15) is 0 Å². The van der Waals surface area contributed by atoms with Gasteiger partial charge in [0.15, 0.2) is 5.82 Å². The van der Waals surface area contributed by atoms with E-state index in [1.165, 1.54) is 0 Å². The van der Waals surface area contributed by atoms with Gasteiger partial charge in [-0.25, -0.2) is 15.8 Å². The van der Waals surface area contributed by atoms with Gasteiger partial charge in [0.1, 0.15) is 18.2 Å². The highest BCUT2D eigenvalue weighted by atomic mass is 16.5. The molecule has 0 fully saturated rings. The van der Waals surface area contributed by atoms with Gasteiger partial charge >= 0.3 is 0 Å². The average Bonchev–Trinajstić information content (AvgIpc) is 2.45. The molecule has 0 saturated heterocycles. The molecule has 0 unspecified atom stereocenters. The Morgan fingerprint density at radius 2 is 2.00 bits per heavy atom. The lowest BCUT2D eigenvalue weighted by Crippen LogP contribution is -2.31. The maximum Gasteiger partial charge on any atom is 0.158 e. The number of hydrogen-bond donors (Lipinski definition) is 2. The lowest BCUT2D eigenvalue weighted by molar-refractivity contribution is 0.128. The Morgan fingerprint density at radius 3 is 2.53 bits per heavy atom. The van der Waals surface area contributed by atoms with Crippen molar-refractivity contribution in [1.82, 2.24) is 9.97 Å². The highest BCUT2D eigenvalue weighted by molar-refractivity contribution is 5.49. The van der Waals surface area contributed by atoms with Crippen molar-refractivity contribution in [1.29, 1.82) is 0 Å². The molecule has 0 amide bonds. The van der Waals surface area contributed by atoms with Crippen molar-refractivity contribution in [3.05, 3.63) is 11.9 Å². The molecule has 108 valence electrons. The van der Waals surface area contributed by atoms with Crippen LogP contribution in [0.4, 0.5) is 11.6 Å². The quantitative estimate of drug-likeness (QED) is 0.553. The summed E-state index contributed by atoms with van der Waals surface area (Å²) in [4.78, 5) is 11.0. The first-order valence-electron chi connectivity index (χ1n) is 6.81. The second-order valence-electron chi connectivity index (χ2n) is 4.39. The molecule has 1 rings (SSSR count). The molecular formula is C13H25N5O. The number of hydrazine groups is 1. The first-order valence-corrected chi connectivity index (χ1v) is 6.81. The third-order valence-corrected chi connectivity index (χ3v) is 3.19. The number of ether oxygens (including phenoxy) is 1. The van der Waals surface area contributed by atoms with Crippen LogP contribution in [0.15, 0.2) is 6.07 Å². The zero-order chi connectivity index (χ0) is 14.3. The molecule has 1 aromatic rings. The Morgan fingerprint density at radius 1 is 1.32 bits per heavy atom. The van der Waals surface area contributed by atoms with E-state index in [2.05, 4.69) is 34.1 Å². The van der Waals surface area contributed by atoms with E-state index in [1.807, 2.05) is 20.0 Å². The molecular weight excluding hydrogens is 242 g/mol. The summed E-state index contributed by atoms with van der Waals surface area (Å²) in [6, 6.07) is 2.31. The summed E-state index contributed by atoms with van der Waals surface area (Å²) < 4.78 is 5.35. The highest BCUT2D eigenvalue weighted by Gasteiger charge is 2.14. The number of aromatic nitrogens is 2. The minimum Gasteiger partial charge on any atom is -0.374 e. The first-order chi connectivity index (χ1) is 9.15. The number of anilines is 2. The Bertz CT molecular complexity index is 381. The van der Waals surface area contributed by atoms with E-state index in [0.29, 0.717) is 30.9 Å². The second kappa shape index (κ2) is 7.91. The molecule has 0 aliphatic carbocycles. The van der Waals surface area contributed by atoms with Crippen molar-refractivity contribution in [2.24, 2.45) is 5.84 Å². The number of nitrogens with two attached hydrogens (primary N) is 1. The van der Waals surface area contributed by atoms with Crippen LogP contribution in [-0.2, 0) is 11.3 Å². The van der Waals surface area contributed by atoms with Gasteiger partial charge in [-0.15, -0.1) is 0 Å². The van der Waals surface area contributed by atoms with Gasteiger partial charge < -0.3 is 15.1 Å². The summed E-state index contributed by atoms with van der Waals surface area (Å²) >= 11 is 0. The highest BCUT2D eigenvalue weighted by Crippen LogP contribution is 2.19. The van der Waals surface area contributed by atoms with Crippen LogP contribution in [-0.4, -0.2) is 29.7 Å². The van der Waals surface area contributed by atoms with E-state index < -0.39 is 0 Å². The lowest BCUT2D eigenvalue weighted by atomic mass is 10.1. The zero-order valence-electron chi connectivity index (χ0n) is 12.3. The monoisotopic (exact) mass is 267 g/mol. The van der Waals surface area contributed by atoms with Crippen LogP contribution in [0.25, 0.3) is 0 Å². The maximum atomic E-state index is 5.46. The molecule has 0 spiro atoms. The van der Waals surface area contributed by atoms with E-state index in [4.69, 9.17) is 10.6 Å². The van der Waals surface area contributed by atoms with E-state index >= 15 is 0 Å². The van der Waals surface area contributed by atoms with Gasteiger partial charge in [0, 0.05) is 25.8 Å². The first kappa shape index (κ1) is 15.7. The van der Waals surface area contributed by atoms with Crippen LogP contribution in [0.1, 0.15) is 39.4 Å². The number of nitrogen functional groups attached to an aromatic ring is 1. The average molecular weight is 267 g/mol. The van der Waals surface area contributed by atoms with Crippen molar-refractivity contribution in [3.63, 3.8) is 0 Å². The molecule has 0 aliphatic heterocycles. The van der Waals surface area contributed by atoms with Gasteiger partial charge in [0.25, 0.3) is 0 Å². The molecule has 0 aliphatic rings. The van der Waals surface area contributed by atoms with Crippen molar-refractivity contribution in [3.8, 4) is 0 Å². The van der Waals surface area contributed by atoms with Crippen molar-refractivity contribution < 1.29 is 4.74 Å². The second-order valence-corrected chi connectivity index (χ2v) is 4.39. The summed E-state index contributed by atoms with van der Waals surface area (Å²) in [7, 11) is 2.05. The molecule has 6 nitrogen and oxygen atoms in total. The molecule has 1 heterocycles. The summed E-state index contributed by atoms with van der Waals surface area (Å²) in [5, 5.41) is 0. The molecule has 0 bridgehead atoms. The molecule has 0 atom stereocenters. The van der Waals surface area contributed by atoms with Crippen LogP contribution >= 0.6 is 0 Å². The predicted octanol–water partition coefficient (Wildman–Crippen LogP) is 1.92. The van der Waals surface area contributed by atoms with Crippen LogP contribution in [0.3, 0.4) is 0 Å². The third-order valence-electron chi connectivity index (χ3n) is 3.19. The number of rotatable bonds is 8. The van der Waals surface area contributed by atoms with Crippen molar-refractivity contribution >= 4 is 11.6 Å².